The molecule has 1 amide bonds. The van der Waals surface area contributed by atoms with Crippen molar-refractivity contribution >= 4 is 17.3 Å². The number of nitrogens with zero attached hydrogens (tertiary/aromatic N) is 7. The van der Waals surface area contributed by atoms with E-state index in [1.54, 1.807) is 23.8 Å². The molecule has 6 rings (SSSR count). The number of nitriles is 1. The highest BCUT2D eigenvalue weighted by Crippen LogP contribution is 2.36. The molecule has 4 aromatic heterocycles. The van der Waals surface area contributed by atoms with Gasteiger partial charge in [0.05, 0.1) is 47.5 Å². The molecule has 4 N–H and O–H groups in total. The summed E-state index contributed by atoms with van der Waals surface area (Å²) in [5.74, 6) is 0.311. The zero-order chi connectivity index (χ0) is 27.6. The van der Waals surface area contributed by atoms with Crippen LogP contribution in [0.3, 0.4) is 0 Å². The van der Waals surface area contributed by atoms with Crippen LogP contribution in [0, 0.1) is 17.2 Å². The smallest absolute Gasteiger partial charge is 0.406 e. The SMILES string of the molecule is CNC(=O)OCC1CC(Nc2cc(-c3ccc4cc(C#N)cnn34)ncc2-c2cn(C3CCC(N)CC3)nn2)C1. The topological polar surface area (TPSA) is 161 Å². The number of ether oxygens (including phenoxy) is 1. The molecule has 0 bridgehead atoms. The van der Waals surface area contributed by atoms with Crippen molar-refractivity contribution in [2.75, 3.05) is 19.0 Å². The molecule has 0 radical (unpaired) electrons. The first kappa shape index (κ1) is 25.8. The molecule has 0 saturated heterocycles. The maximum Gasteiger partial charge on any atom is 0.406 e. The number of hydrogen-bond acceptors (Lipinski definition) is 9. The van der Waals surface area contributed by atoms with Crippen molar-refractivity contribution in [3.63, 3.8) is 0 Å². The minimum Gasteiger partial charge on any atom is -0.449 e. The fourth-order valence-electron chi connectivity index (χ4n) is 5.59. The summed E-state index contributed by atoms with van der Waals surface area (Å²) in [7, 11) is 1.56. The third kappa shape index (κ3) is 5.20. The maximum atomic E-state index is 11.4. The van der Waals surface area contributed by atoms with E-state index in [0.717, 1.165) is 72.4 Å². The number of nitrogens with two attached hydrogens (primary N) is 1. The number of hydrogen-bond donors (Lipinski definition) is 3. The zero-order valence-corrected chi connectivity index (χ0v) is 22.3. The first-order valence-corrected chi connectivity index (χ1v) is 13.7. The predicted octanol–water partition coefficient (Wildman–Crippen LogP) is 3.52. The van der Waals surface area contributed by atoms with Crippen molar-refractivity contribution in [3.05, 3.63) is 48.4 Å². The highest BCUT2D eigenvalue weighted by molar-refractivity contribution is 5.79. The number of anilines is 1. The molecule has 0 spiro atoms. The molecular weight excluding hydrogens is 508 g/mol. The predicted molar refractivity (Wildman–Crippen MR) is 148 cm³/mol. The Morgan fingerprint density at radius 3 is 2.77 bits per heavy atom. The average molecular weight is 541 g/mol. The summed E-state index contributed by atoms with van der Waals surface area (Å²) in [5.41, 5.74) is 11.5. The first-order valence-electron chi connectivity index (χ1n) is 13.7. The van der Waals surface area contributed by atoms with E-state index in [1.807, 2.05) is 35.3 Å². The van der Waals surface area contributed by atoms with Gasteiger partial charge in [-0.1, -0.05) is 5.21 Å². The van der Waals surface area contributed by atoms with Gasteiger partial charge in [0.1, 0.15) is 11.8 Å². The molecule has 0 unspecified atom stereocenters. The van der Waals surface area contributed by atoms with Gasteiger partial charge in [-0.05, 0) is 68.7 Å². The van der Waals surface area contributed by atoms with Crippen molar-refractivity contribution in [1.29, 1.82) is 5.26 Å². The Bertz CT molecular complexity index is 1560. The lowest BCUT2D eigenvalue weighted by molar-refractivity contribution is 0.100. The van der Waals surface area contributed by atoms with Crippen LogP contribution < -0.4 is 16.4 Å². The molecule has 12 nitrogen and oxygen atoms in total. The first-order chi connectivity index (χ1) is 19.5. The van der Waals surface area contributed by atoms with E-state index in [9.17, 15) is 10.1 Å². The van der Waals surface area contributed by atoms with Crippen LogP contribution in [-0.4, -0.2) is 61.4 Å². The summed E-state index contributed by atoms with van der Waals surface area (Å²) < 4.78 is 8.98. The molecule has 4 heterocycles. The van der Waals surface area contributed by atoms with Crippen LogP contribution in [0.5, 0.6) is 0 Å². The minimum absolute atomic E-state index is 0.225. The number of carbonyl (C=O) groups excluding carboxylic acids is 1. The van der Waals surface area contributed by atoms with Gasteiger partial charge in [0.15, 0.2) is 0 Å². The van der Waals surface area contributed by atoms with Crippen molar-refractivity contribution in [1.82, 2.24) is 34.9 Å². The number of aromatic nitrogens is 6. The van der Waals surface area contributed by atoms with Gasteiger partial charge in [-0.3, -0.25) is 4.98 Å². The number of rotatable bonds is 7. The zero-order valence-electron chi connectivity index (χ0n) is 22.3. The number of carbonyl (C=O) groups is 1. The Kier molecular flexibility index (Phi) is 7.04. The molecule has 0 atom stereocenters. The average Bonchev–Trinajstić information content (AvgIpc) is 3.61. The normalized spacial score (nSPS) is 22.3. The lowest BCUT2D eigenvalue weighted by Crippen LogP contribution is -2.39. The van der Waals surface area contributed by atoms with Crippen LogP contribution in [0.15, 0.2) is 42.9 Å². The lowest BCUT2D eigenvalue weighted by atomic mass is 9.80. The van der Waals surface area contributed by atoms with Crippen molar-refractivity contribution in [2.45, 2.75) is 56.7 Å². The van der Waals surface area contributed by atoms with Gasteiger partial charge >= 0.3 is 6.09 Å². The summed E-state index contributed by atoms with van der Waals surface area (Å²) in [5, 5.41) is 28.8. The number of alkyl carbamates (subject to hydrolysis) is 1. The van der Waals surface area contributed by atoms with Crippen LogP contribution in [0.25, 0.3) is 28.2 Å². The molecule has 2 fully saturated rings. The van der Waals surface area contributed by atoms with Gasteiger partial charge in [-0.25, -0.2) is 14.0 Å². The van der Waals surface area contributed by atoms with E-state index in [4.69, 9.17) is 15.5 Å². The van der Waals surface area contributed by atoms with E-state index >= 15 is 0 Å². The molecule has 4 aromatic rings. The van der Waals surface area contributed by atoms with Gasteiger partial charge in [-0.2, -0.15) is 10.4 Å². The minimum atomic E-state index is -0.407. The third-order valence-electron chi connectivity index (χ3n) is 7.95. The second-order valence-electron chi connectivity index (χ2n) is 10.7. The molecule has 206 valence electrons. The number of amides is 1. The standard InChI is InChI=1S/C28H32N10O2/c1-31-28(39)40-16-17-8-20(9-17)34-24-11-25(27-7-6-22-10-18(12-29)13-33-38(22)27)32-14-23(24)26-15-37(36-35-26)21-4-2-19(30)3-5-21/h6-7,10-11,13-15,17,19-21H,2-5,8-9,16,30H2,1H3,(H,31,39)(H,32,34). The van der Waals surface area contributed by atoms with Crippen molar-refractivity contribution in [2.24, 2.45) is 11.7 Å². The monoisotopic (exact) mass is 540 g/mol. The van der Waals surface area contributed by atoms with Gasteiger partial charge in [-0.15, -0.1) is 5.10 Å². The number of fused-ring (bicyclic) bond motifs is 1. The highest BCUT2D eigenvalue weighted by Gasteiger charge is 2.31. The summed E-state index contributed by atoms with van der Waals surface area (Å²) >= 11 is 0. The Labute approximate surface area is 231 Å². The molecule has 12 heteroatoms. The van der Waals surface area contributed by atoms with Gasteiger partial charge in [0.25, 0.3) is 0 Å². The van der Waals surface area contributed by atoms with Crippen LogP contribution in [0.1, 0.15) is 50.1 Å². The van der Waals surface area contributed by atoms with E-state index in [-0.39, 0.29) is 12.1 Å². The largest absolute Gasteiger partial charge is 0.449 e. The Morgan fingerprint density at radius 2 is 2.00 bits per heavy atom. The Balaban J connectivity index is 1.28. The molecule has 0 aliphatic heterocycles. The summed E-state index contributed by atoms with van der Waals surface area (Å²) in [4.78, 5) is 16.2. The van der Waals surface area contributed by atoms with Gasteiger partial charge in [0, 0.05) is 36.6 Å². The van der Waals surface area contributed by atoms with Crippen molar-refractivity contribution < 1.29 is 9.53 Å². The molecule has 0 aromatic carbocycles. The van der Waals surface area contributed by atoms with E-state index in [0.29, 0.717) is 24.1 Å². The van der Waals surface area contributed by atoms with Gasteiger partial charge in [0.2, 0.25) is 0 Å². The lowest BCUT2D eigenvalue weighted by Gasteiger charge is -2.36. The van der Waals surface area contributed by atoms with E-state index in [1.165, 1.54) is 0 Å². The molecule has 2 aliphatic rings. The molecule has 2 saturated carbocycles. The van der Waals surface area contributed by atoms with Crippen LogP contribution in [0.2, 0.25) is 0 Å². The molecule has 40 heavy (non-hydrogen) atoms. The Morgan fingerprint density at radius 1 is 1.18 bits per heavy atom. The summed E-state index contributed by atoms with van der Waals surface area (Å²) in [6.07, 6.45) is 10.7. The second kappa shape index (κ2) is 10.9. The van der Waals surface area contributed by atoms with Gasteiger partial charge < -0.3 is 21.1 Å². The molecule has 2 aliphatic carbocycles. The fraction of sp³-hybridized carbons (Fsp3) is 0.429. The van der Waals surface area contributed by atoms with E-state index in [2.05, 4.69) is 32.1 Å². The fourth-order valence-corrected chi connectivity index (χ4v) is 5.59. The maximum absolute atomic E-state index is 11.4. The third-order valence-corrected chi connectivity index (χ3v) is 7.95. The number of pyridine rings is 1. The Hall–Kier alpha value is -4.50. The van der Waals surface area contributed by atoms with Crippen LogP contribution in [-0.2, 0) is 4.74 Å². The quantitative estimate of drug-likeness (QED) is 0.318. The van der Waals surface area contributed by atoms with Crippen LogP contribution in [0.4, 0.5) is 10.5 Å². The van der Waals surface area contributed by atoms with E-state index < -0.39 is 6.09 Å². The highest BCUT2D eigenvalue weighted by atomic mass is 16.5. The van der Waals surface area contributed by atoms with Crippen LogP contribution >= 0.6 is 0 Å². The summed E-state index contributed by atoms with van der Waals surface area (Å²) in [6.45, 7) is 0.401. The summed E-state index contributed by atoms with van der Waals surface area (Å²) in [6, 6.07) is 10.6. The number of nitrogens with one attached hydrogen (secondary N) is 2. The second-order valence-corrected chi connectivity index (χ2v) is 10.7. The molecular formula is C28H32N10O2. The van der Waals surface area contributed by atoms with Crippen molar-refractivity contribution in [3.8, 4) is 28.7 Å².